The third-order valence-corrected chi connectivity index (χ3v) is 11.8. The second-order valence-corrected chi connectivity index (χ2v) is 14.0. The van der Waals surface area contributed by atoms with Crippen LogP contribution in [0.3, 0.4) is 0 Å². The maximum atomic E-state index is 5.83. The van der Waals surface area contributed by atoms with Gasteiger partial charge in [0.15, 0.2) is 0 Å². The van der Waals surface area contributed by atoms with Gasteiger partial charge in [-0.25, -0.2) is 4.98 Å². The lowest BCUT2D eigenvalue weighted by Crippen LogP contribution is -2.43. The van der Waals surface area contributed by atoms with Gasteiger partial charge in [0.1, 0.15) is 31.8 Å². The van der Waals surface area contributed by atoms with Crippen molar-refractivity contribution in [3.05, 3.63) is 23.5 Å². The molecule has 1 aromatic rings. The molecule has 1 rings (SSSR count). The lowest BCUT2D eigenvalue weighted by molar-refractivity contribution is 0.0179. The highest BCUT2D eigenvalue weighted by Crippen LogP contribution is 2.40. The van der Waals surface area contributed by atoms with Crippen LogP contribution in [0.25, 0.3) is 0 Å². The number of rotatable bonds is 13. The molecular weight excluding hydrogens is 406 g/mol. The van der Waals surface area contributed by atoms with Gasteiger partial charge in [0.2, 0.25) is 0 Å². The van der Waals surface area contributed by atoms with E-state index >= 15 is 0 Å². The van der Waals surface area contributed by atoms with Crippen LogP contribution in [0.5, 0.6) is 5.75 Å². The smallest absolute Gasteiger partial charge is 0.146 e. The van der Waals surface area contributed by atoms with Crippen molar-refractivity contribution < 1.29 is 18.9 Å². The van der Waals surface area contributed by atoms with Crippen molar-refractivity contribution in [2.24, 2.45) is 0 Å². The Bertz CT molecular complexity index is 737. The molecule has 0 unspecified atom stereocenters. The molecule has 0 saturated carbocycles. The van der Waals surface area contributed by atoms with E-state index in [9.17, 15) is 0 Å². The molecule has 0 aliphatic carbocycles. The summed E-state index contributed by atoms with van der Waals surface area (Å²) in [5.41, 5.74) is 6.55. The third-order valence-electron chi connectivity index (χ3n) is 5.52. The van der Waals surface area contributed by atoms with Crippen molar-refractivity contribution in [1.82, 2.24) is 4.98 Å². The first-order valence-electron chi connectivity index (χ1n) is 11.1. The van der Waals surface area contributed by atoms with Crippen molar-refractivity contribution in [3.8, 4) is 29.6 Å². The fourth-order valence-corrected chi connectivity index (χ4v) is 9.23. The van der Waals surface area contributed by atoms with Crippen LogP contribution in [0.2, 0.25) is 16.6 Å². The van der Waals surface area contributed by atoms with E-state index < -0.39 is 8.07 Å². The fourth-order valence-electron chi connectivity index (χ4n) is 4.01. The molecule has 0 aromatic carbocycles. The molecule has 5 nitrogen and oxygen atoms in total. The highest BCUT2D eigenvalue weighted by molar-refractivity contribution is 6.90. The Morgan fingerprint density at radius 3 is 1.87 bits per heavy atom. The predicted octanol–water partition coefficient (Wildman–Crippen LogP) is 4.69. The number of pyridine rings is 1. The second-order valence-electron chi connectivity index (χ2n) is 8.43. The molecule has 0 radical (unpaired) electrons. The topological polar surface area (TPSA) is 49.8 Å². The minimum Gasteiger partial charge on any atom is -0.491 e. The van der Waals surface area contributed by atoms with Gasteiger partial charge in [-0.2, -0.15) is 0 Å². The minimum atomic E-state index is -1.84. The van der Waals surface area contributed by atoms with Gasteiger partial charge in [-0.3, -0.25) is 0 Å². The number of nitrogens with zero attached hydrogens (tertiary/aromatic N) is 1. The highest BCUT2D eigenvalue weighted by atomic mass is 28.3. The molecule has 0 saturated heterocycles. The van der Waals surface area contributed by atoms with E-state index in [4.69, 9.17) is 25.4 Å². The molecule has 0 amide bonds. The summed E-state index contributed by atoms with van der Waals surface area (Å²) >= 11 is 0. The van der Waals surface area contributed by atoms with Crippen LogP contribution in [0.1, 0.15) is 52.9 Å². The number of ether oxygens (including phenoxy) is 4. The van der Waals surface area contributed by atoms with Gasteiger partial charge in [0.25, 0.3) is 0 Å². The van der Waals surface area contributed by atoms with Crippen LogP contribution in [0, 0.1) is 23.8 Å². The number of terminal acetylenes is 1. The Hall–Kier alpha value is -1.83. The largest absolute Gasteiger partial charge is 0.491 e. The molecule has 0 N–H and O–H groups in total. The van der Waals surface area contributed by atoms with E-state index in [1.54, 1.807) is 13.2 Å². The van der Waals surface area contributed by atoms with Gasteiger partial charge >= 0.3 is 0 Å². The first-order valence-corrected chi connectivity index (χ1v) is 13.3. The molecule has 0 bridgehead atoms. The van der Waals surface area contributed by atoms with E-state index in [1.165, 1.54) is 0 Å². The van der Waals surface area contributed by atoms with E-state index in [1.807, 2.05) is 6.07 Å². The molecule has 1 heterocycles. The molecule has 1 aromatic heterocycles. The van der Waals surface area contributed by atoms with E-state index in [2.05, 4.69) is 63.9 Å². The van der Waals surface area contributed by atoms with Gasteiger partial charge in [-0.1, -0.05) is 53.4 Å². The van der Waals surface area contributed by atoms with Crippen LogP contribution in [-0.4, -0.2) is 59.8 Å². The quantitative estimate of drug-likeness (QED) is 0.250. The summed E-state index contributed by atoms with van der Waals surface area (Å²) in [5, 5.41) is 0. The van der Waals surface area contributed by atoms with Gasteiger partial charge in [0.05, 0.1) is 33.0 Å². The summed E-state index contributed by atoms with van der Waals surface area (Å²) < 4.78 is 21.6. The Morgan fingerprint density at radius 2 is 1.35 bits per heavy atom. The molecule has 0 atom stereocenters. The zero-order valence-electron chi connectivity index (χ0n) is 20.3. The summed E-state index contributed by atoms with van der Waals surface area (Å²) in [4.78, 5) is 4.50. The van der Waals surface area contributed by atoms with Crippen LogP contribution in [0.15, 0.2) is 12.1 Å². The van der Waals surface area contributed by atoms with Crippen molar-refractivity contribution in [2.45, 2.75) is 58.2 Å². The molecule has 6 heteroatoms. The average Bonchev–Trinajstić information content (AvgIpc) is 2.72. The van der Waals surface area contributed by atoms with Crippen LogP contribution in [0.4, 0.5) is 0 Å². The molecule has 172 valence electrons. The van der Waals surface area contributed by atoms with Gasteiger partial charge in [-0.15, -0.1) is 12.0 Å². The Kier molecular flexibility index (Phi) is 12.5. The summed E-state index contributed by atoms with van der Waals surface area (Å²) in [5.74, 6) is 6.61. The van der Waals surface area contributed by atoms with Crippen molar-refractivity contribution >= 4 is 8.07 Å². The predicted molar refractivity (Wildman–Crippen MR) is 129 cm³/mol. The first-order chi connectivity index (χ1) is 14.8. The monoisotopic (exact) mass is 445 g/mol. The summed E-state index contributed by atoms with van der Waals surface area (Å²) in [6, 6.07) is 3.62. The van der Waals surface area contributed by atoms with E-state index in [-0.39, 0.29) is 0 Å². The normalized spacial score (nSPS) is 11.5. The van der Waals surface area contributed by atoms with Crippen molar-refractivity contribution in [1.29, 1.82) is 0 Å². The summed E-state index contributed by atoms with van der Waals surface area (Å²) in [6.45, 7) is 16.9. The molecule has 0 fully saturated rings. The highest BCUT2D eigenvalue weighted by Gasteiger charge is 2.41. The Balaban J connectivity index is 2.79. The zero-order valence-corrected chi connectivity index (χ0v) is 21.3. The molecule has 0 aliphatic heterocycles. The van der Waals surface area contributed by atoms with Gasteiger partial charge in [0, 0.05) is 19.2 Å². The summed E-state index contributed by atoms with van der Waals surface area (Å²) in [6.07, 6.45) is 5.60. The van der Waals surface area contributed by atoms with Crippen LogP contribution in [-0.2, 0) is 14.2 Å². The average molecular weight is 446 g/mol. The zero-order chi connectivity index (χ0) is 23.3. The number of methoxy groups -OCH3 is 1. The van der Waals surface area contributed by atoms with Crippen LogP contribution >= 0.6 is 0 Å². The van der Waals surface area contributed by atoms with Gasteiger partial charge in [-0.05, 0) is 16.6 Å². The number of aromatic nitrogens is 1. The number of hydrogen-bond donors (Lipinski definition) is 0. The first kappa shape index (κ1) is 27.2. The Labute approximate surface area is 190 Å². The van der Waals surface area contributed by atoms with E-state index in [0.29, 0.717) is 73.4 Å². The van der Waals surface area contributed by atoms with Crippen molar-refractivity contribution in [3.63, 3.8) is 0 Å². The van der Waals surface area contributed by atoms with Crippen LogP contribution < -0.4 is 4.74 Å². The Morgan fingerprint density at radius 1 is 0.839 bits per heavy atom. The molecule has 31 heavy (non-hydrogen) atoms. The second kappa shape index (κ2) is 14.3. The summed E-state index contributed by atoms with van der Waals surface area (Å²) in [7, 11) is -0.192. The standard InChI is InChI=1S/C25H39NO4Si/c1-9-23-18-25(30-16-15-29-14-13-28-12-11-27-8)19-24(26-23)10-17-31(20(2)3,21(4)5)22(6)7/h1,18-22H,11-16H2,2-8H3. The van der Waals surface area contributed by atoms with E-state index in [0.717, 1.165) is 0 Å². The maximum Gasteiger partial charge on any atom is 0.146 e. The SMILES string of the molecule is C#Cc1cc(OCCOCCOCCOC)cc(C#C[Si](C(C)C)(C(C)C)C(C)C)n1. The lowest BCUT2D eigenvalue weighted by atomic mass is 10.3. The maximum absolute atomic E-state index is 5.83. The molecule has 0 aliphatic rings. The van der Waals surface area contributed by atoms with Crippen molar-refractivity contribution in [2.75, 3.05) is 46.8 Å². The van der Waals surface area contributed by atoms with Gasteiger partial charge < -0.3 is 18.9 Å². The lowest BCUT2D eigenvalue weighted by Gasteiger charge is -2.38. The molecular formula is C25H39NO4Si. The fraction of sp³-hybridized carbons (Fsp3) is 0.640. The molecule has 0 spiro atoms. The minimum absolute atomic E-state index is 0.418. The number of hydrogen-bond acceptors (Lipinski definition) is 5. The third kappa shape index (κ3) is 8.67.